The van der Waals surface area contributed by atoms with Crippen molar-refractivity contribution in [1.82, 2.24) is 9.55 Å². The number of hydrogen-bond acceptors (Lipinski definition) is 12. The van der Waals surface area contributed by atoms with Crippen LogP contribution < -0.4 is 11.4 Å². The maximum Gasteiger partial charge on any atom is 0.475 e. The molecule has 0 saturated carbocycles. The maximum atomic E-state index is 13.9. The van der Waals surface area contributed by atoms with Crippen molar-refractivity contribution < 1.29 is 41.3 Å². The molecule has 4 rings (SSSR count). The van der Waals surface area contributed by atoms with E-state index in [0.717, 1.165) is 0 Å². The Hall–Kier alpha value is -2.21. The molecule has 0 radical (unpaired) electrons. The molecule has 0 amide bonds. The van der Waals surface area contributed by atoms with Crippen molar-refractivity contribution in [1.29, 1.82) is 0 Å². The molecule has 0 unspecified atom stereocenters. The van der Waals surface area contributed by atoms with Gasteiger partial charge < -0.3 is 24.1 Å². The number of anilines is 1. The van der Waals surface area contributed by atoms with Crippen LogP contribution in [0.1, 0.15) is 76.2 Å². The smallest absolute Gasteiger partial charge is 0.465 e. The van der Waals surface area contributed by atoms with Gasteiger partial charge in [-0.2, -0.15) is 4.98 Å². The average molecular weight is 726 g/mol. The Labute approximate surface area is 285 Å². The van der Waals surface area contributed by atoms with Crippen molar-refractivity contribution in [3.05, 3.63) is 58.1 Å². The number of methoxy groups -OCH3 is 1. The van der Waals surface area contributed by atoms with Crippen molar-refractivity contribution >= 4 is 36.2 Å². The van der Waals surface area contributed by atoms with Gasteiger partial charge in [0.05, 0.1) is 32.0 Å². The number of nitrogens with zero attached hydrogens (tertiary/aromatic N) is 2. The highest BCUT2D eigenvalue weighted by Crippen LogP contribution is 2.57. The van der Waals surface area contributed by atoms with Gasteiger partial charge in [-0.25, -0.2) is 14.2 Å². The Morgan fingerprint density at radius 3 is 2.25 bits per heavy atom. The van der Waals surface area contributed by atoms with E-state index in [1.165, 1.54) is 23.9 Å². The van der Waals surface area contributed by atoms with E-state index >= 15 is 0 Å². The number of carbonyl (C=O) groups excluding carboxylic acids is 1. The van der Waals surface area contributed by atoms with Crippen molar-refractivity contribution in [2.24, 2.45) is 0 Å². The minimum Gasteiger partial charge on any atom is -0.465 e. The maximum absolute atomic E-state index is 13.9. The first-order chi connectivity index (χ1) is 22.1. The molecule has 13 nitrogen and oxygen atoms in total. The van der Waals surface area contributed by atoms with Crippen molar-refractivity contribution in [3.8, 4) is 0 Å². The third-order valence-corrected chi connectivity index (χ3v) is 20.3. The Balaban J connectivity index is 1.68. The molecule has 2 fully saturated rings. The monoisotopic (exact) mass is 725 g/mol. The van der Waals surface area contributed by atoms with Crippen LogP contribution in [0.2, 0.25) is 36.3 Å². The second kappa shape index (κ2) is 14.2. The van der Waals surface area contributed by atoms with Crippen LogP contribution in [-0.4, -0.2) is 70.8 Å². The van der Waals surface area contributed by atoms with E-state index in [-0.39, 0.29) is 29.1 Å². The zero-order chi connectivity index (χ0) is 35.9. The topological polar surface area (TPSA) is 160 Å². The van der Waals surface area contributed by atoms with Gasteiger partial charge in [0.15, 0.2) is 22.9 Å². The number of benzene rings is 1. The molecule has 0 bridgehead atoms. The Bertz CT molecular complexity index is 1570. The van der Waals surface area contributed by atoms with E-state index in [4.69, 9.17) is 37.6 Å². The van der Waals surface area contributed by atoms with Crippen molar-refractivity contribution in [2.75, 3.05) is 26.1 Å². The normalized spacial score (nSPS) is 27.2. The standard InChI is InChI=1S/C32H52N3O10PSi2/c1-31(2,3)47(8,9)44-26-24(20-41-46(38)40-18-16-23(43-46)21-13-12-14-22(19-21)29(36)39-7)42-28(35-17-15-25(33)34-30(35)37)27(26)45-48(10,11)32(4,5)6/h12-15,17,19,23-24,26-28H,16,18,20H2,1-11H3,(H2,33,34,37)/t23-,24+,26+,27-,28+,46+/m0/s1. The molecule has 0 spiro atoms. The average Bonchev–Trinajstić information content (AvgIpc) is 3.29. The summed E-state index contributed by atoms with van der Waals surface area (Å²) in [5.41, 5.74) is 6.21. The largest absolute Gasteiger partial charge is 0.475 e. The Morgan fingerprint density at radius 1 is 1.04 bits per heavy atom. The van der Waals surface area contributed by atoms with Crippen LogP contribution in [0.4, 0.5) is 5.82 Å². The minimum atomic E-state index is -4.11. The summed E-state index contributed by atoms with van der Waals surface area (Å²) in [5, 5.41) is -0.349. The summed E-state index contributed by atoms with van der Waals surface area (Å²) in [7, 11) is -7.76. The van der Waals surface area contributed by atoms with Crippen molar-refractivity contribution in [3.63, 3.8) is 0 Å². The molecule has 16 heteroatoms. The first-order valence-corrected chi connectivity index (χ1v) is 23.5. The predicted octanol–water partition coefficient (Wildman–Crippen LogP) is 6.59. The summed E-state index contributed by atoms with van der Waals surface area (Å²) in [4.78, 5) is 29.2. The summed E-state index contributed by atoms with van der Waals surface area (Å²) in [6.45, 7) is 21.2. The molecule has 2 aliphatic heterocycles. The lowest BCUT2D eigenvalue weighted by Crippen LogP contribution is -2.54. The fourth-order valence-corrected chi connectivity index (χ4v) is 8.94. The Kier molecular flexibility index (Phi) is 11.4. The molecule has 6 atom stereocenters. The number of phosphoric ester groups is 1. The van der Waals surface area contributed by atoms with Gasteiger partial charge in [-0.1, -0.05) is 53.7 Å². The minimum absolute atomic E-state index is 0.0847. The molecule has 48 heavy (non-hydrogen) atoms. The number of esters is 1. The lowest BCUT2D eigenvalue weighted by Gasteiger charge is -2.44. The molecule has 2 saturated heterocycles. The molecule has 1 aromatic carbocycles. The van der Waals surface area contributed by atoms with Gasteiger partial charge >= 0.3 is 19.5 Å². The molecular formula is C32H52N3O10PSi2. The van der Waals surface area contributed by atoms with Gasteiger partial charge in [0, 0.05) is 12.6 Å². The molecule has 0 aliphatic carbocycles. The van der Waals surface area contributed by atoms with Crippen LogP contribution in [0.3, 0.4) is 0 Å². The van der Waals surface area contributed by atoms with Crippen LogP contribution in [0.25, 0.3) is 0 Å². The van der Waals surface area contributed by atoms with Crippen LogP contribution in [0.15, 0.2) is 41.3 Å². The summed E-state index contributed by atoms with van der Waals surface area (Å²) in [6, 6.07) is 8.28. The van der Waals surface area contributed by atoms with Gasteiger partial charge in [-0.3, -0.25) is 18.1 Å². The van der Waals surface area contributed by atoms with Gasteiger partial charge in [-0.15, -0.1) is 0 Å². The molecule has 2 aromatic rings. The zero-order valence-corrected chi connectivity index (χ0v) is 32.9. The quantitative estimate of drug-likeness (QED) is 0.159. The fraction of sp³-hybridized carbons (Fsp3) is 0.656. The van der Waals surface area contributed by atoms with Crippen LogP contribution in [-0.2, 0) is 36.5 Å². The SMILES string of the molecule is COC(=O)c1cccc([C@@H]2CCO[P@](=O)(OC[C@H]3O[C@@H](n4ccc(N)nc4=O)[C@@H](O[Si](C)(C)C(C)(C)C)[C@@H]3O[Si](C)(C)C(C)(C)C)O2)c1. The highest BCUT2D eigenvalue weighted by molar-refractivity contribution is 7.48. The number of aromatic nitrogens is 2. The van der Waals surface area contributed by atoms with E-state index in [1.807, 2.05) is 0 Å². The van der Waals surface area contributed by atoms with E-state index in [9.17, 15) is 14.2 Å². The first kappa shape index (κ1) is 38.6. The predicted molar refractivity (Wildman–Crippen MR) is 187 cm³/mol. The Morgan fingerprint density at radius 2 is 1.67 bits per heavy atom. The van der Waals surface area contributed by atoms with Gasteiger partial charge in [0.1, 0.15) is 24.1 Å². The second-order valence-electron chi connectivity index (χ2n) is 15.4. The molecule has 1 aromatic heterocycles. The molecule has 2 aliphatic rings. The number of nitrogens with two attached hydrogens (primary N) is 1. The fourth-order valence-electron chi connectivity index (χ4n) is 4.94. The molecule has 2 N–H and O–H groups in total. The van der Waals surface area contributed by atoms with Gasteiger partial charge in [-0.05, 0) is 60.0 Å². The molecular weight excluding hydrogens is 674 g/mol. The summed E-state index contributed by atoms with van der Waals surface area (Å²) in [6.07, 6.45) is -1.94. The first-order valence-electron chi connectivity index (χ1n) is 16.2. The van der Waals surface area contributed by atoms with Gasteiger partial charge in [0.2, 0.25) is 0 Å². The van der Waals surface area contributed by atoms with E-state index in [0.29, 0.717) is 17.5 Å². The lowest BCUT2D eigenvalue weighted by atomic mass is 10.0. The van der Waals surface area contributed by atoms with Crippen molar-refractivity contribution in [2.45, 2.75) is 115 Å². The summed E-state index contributed by atoms with van der Waals surface area (Å²) < 4.78 is 58.3. The third-order valence-electron chi connectivity index (χ3n) is 9.85. The van der Waals surface area contributed by atoms with Crippen LogP contribution >= 0.6 is 7.82 Å². The number of carbonyl (C=O) groups is 1. The van der Waals surface area contributed by atoms with Crippen LogP contribution in [0, 0.1) is 0 Å². The third kappa shape index (κ3) is 8.56. The zero-order valence-electron chi connectivity index (χ0n) is 30.0. The number of hydrogen-bond donors (Lipinski definition) is 1. The van der Waals surface area contributed by atoms with E-state index in [1.54, 1.807) is 24.3 Å². The highest BCUT2D eigenvalue weighted by Gasteiger charge is 2.55. The number of ether oxygens (including phenoxy) is 2. The number of nitrogen functional groups attached to an aromatic ring is 1. The van der Waals surface area contributed by atoms with Gasteiger partial charge in [0.25, 0.3) is 0 Å². The number of rotatable bonds is 10. The van der Waals surface area contributed by atoms with E-state index < -0.39 is 66.8 Å². The second-order valence-corrected chi connectivity index (χ2v) is 26.5. The highest BCUT2D eigenvalue weighted by atomic mass is 31.2. The number of phosphoric acid groups is 1. The molecule has 3 heterocycles. The summed E-state index contributed by atoms with van der Waals surface area (Å²) >= 11 is 0. The van der Waals surface area contributed by atoms with E-state index in [2.05, 4.69) is 72.7 Å². The molecule has 268 valence electrons. The lowest BCUT2D eigenvalue weighted by molar-refractivity contribution is -0.0592. The summed E-state index contributed by atoms with van der Waals surface area (Å²) in [5.74, 6) is -0.407. The van der Waals surface area contributed by atoms with Crippen LogP contribution in [0.5, 0.6) is 0 Å².